The van der Waals surface area contributed by atoms with Crippen LogP contribution in [0, 0.1) is 0 Å². The predicted octanol–water partition coefficient (Wildman–Crippen LogP) is 4.39. The lowest BCUT2D eigenvalue weighted by atomic mass is 11.8. The molecule has 0 saturated heterocycles. The summed E-state index contributed by atoms with van der Waals surface area (Å²) < 4.78 is 0. The molecular formula is C8H24PSi3. The summed E-state index contributed by atoms with van der Waals surface area (Å²) in [6, 6.07) is 0. The molecule has 0 spiro atoms. The van der Waals surface area contributed by atoms with E-state index >= 15 is 0 Å². The van der Waals surface area contributed by atoms with E-state index in [9.17, 15) is 0 Å². The highest BCUT2D eigenvalue weighted by Gasteiger charge is 2.38. The summed E-state index contributed by atoms with van der Waals surface area (Å²) in [5.41, 5.74) is 0. The second-order valence-electron chi connectivity index (χ2n) is 5.62. The Kier molecular flexibility index (Phi) is 4.44. The molecule has 0 unspecified atom stereocenters. The van der Waals surface area contributed by atoms with Gasteiger partial charge in [-0.3, -0.25) is 0 Å². The Balaban J connectivity index is 4.70. The van der Waals surface area contributed by atoms with Crippen molar-refractivity contribution >= 4 is 30.5 Å². The van der Waals surface area contributed by atoms with Gasteiger partial charge in [0.25, 0.3) is 0 Å². The first-order valence-corrected chi connectivity index (χ1v) is 18.0. The van der Waals surface area contributed by atoms with E-state index in [2.05, 4.69) is 52.4 Å². The van der Waals surface area contributed by atoms with E-state index in [0.29, 0.717) is 6.57 Å². The maximum atomic E-state index is 2.58. The van der Waals surface area contributed by atoms with Gasteiger partial charge in [0, 0.05) is 0 Å². The van der Waals surface area contributed by atoms with Crippen LogP contribution in [-0.4, -0.2) is 23.9 Å². The molecular weight excluding hydrogens is 211 g/mol. The lowest BCUT2D eigenvalue weighted by molar-refractivity contribution is 1.83. The molecule has 1 radical (unpaired) electrons. The van der Waals surface area contributed by atoms with Crippen LogP contribution in [0.1, 0.15) is 0 Å². The smallest absolute Gasteiger partial charge is 0.0646 e. The Bertz CT molecular complexity index is 129. The average molecular weight is 236 g/mol. The van der Waals surface area contributed by atoms with E-state index in [4.69, 9.17) is 0 Å². The molecule has 0 atom stereocenters. The molecule has 12 heavy (non-hydrogen) atoms. The van der Waals surface area contributed by atoms with Crippen LogP contribution >= 0.6 is 6.57 Å². The van der Waals surface area contributed by atoms with E-state index in [1.54, 1.807) is 0 Å². The third-order valence-electron chi connectivity index (χ3n) is 1.79. The zero-order valence-corrected chi connectivity index (χ0v) is 13.8. The molecule has 0 nitrogen and oxygen atoms in total. The van der Waals surface area contributed by atoms with E-state index in [1.807, 2.05) is 0 Å². The van der Waals surface area contributed by atoms with Gasteiger partial charge in [-0.25, -0.2) is 0 Å². The van der Waals surface area contributed by atoms with Gasteiger partial charge in [0.05, 0.1) is 23.9 Å². The number of hydrogen-bond acceptors (Lipinski definition) is 0. The molecule has 0 aliphatic carbocycles. The first-order chi connectivity index (χ1) is 5.07. The molecule has 0 saturated carbocycles. The van der Waals surface area contributed by atoms with Crippen LogP contribution in [0.5, 0.6) is 0 Å². The largest absolute Gasteiger partial charge is 0.142 e. The standard InChI is InChI=1S/C8H24PSi3/c1-10(2)9(11(3,4)5)12(6,7)8/h1-8H3. The van der Waals surface area contributed by atoms with Crippen molar-refractivity contribution in [2.45, 2.75) is 52.4 Å². The van der Waals surface area contributed by atoms with Crippen molar-refractivity contribution in [3.63, 3.8) is 0 Å². The SMILES string of the molecule is C[Si](C)P([Si](C)(C)C)[Si](C)(C)C. The van der Waals surface area contributed by atoms with Crippen molar-refractivity contribution < 1.29 is 0 Å². The molecule has 0 aliphatic heterocycles. The highest BCUT2D eigenvalue weighted by Crippen LogP contribution is 2.56. The van der Waals surface area contributed by atoms with Crippen LogP contribution < -0.4 is 0 Å². The monoisotopic (exact) mass is 235 g/mol. The lowest BCUT2D eigenvalue weighted by Crippen LogP contribution is -2.37. The fourth-order valence-corrected chi connectivity index (χ4v) is 63.4. The van der Waals surface area contributed by atoms with Gasteiger partial charge in [-0.05, 0) is 0 Å². The number of rotatable bonds is 3. The van der Waals surface area contributed by atoms with Crippen molar-refractivity contribution in [1.82, 2.24) is 0 Å². The van der Waals surface area contributed by atoms with Gasteiger partial charge in [-0.15, -0.1) is 6.57 Å². The van der Waals surface area contributed by atoms with Gasteiger partial charge in [-0.2, -0.15) is 0 Å². The predicted molar refractivity (Wildman–Crippen MR) is 71.1 cm³/mol. The molecule has 0 N–H and O–H groups in total. The molecule has 0 aromatic carbocycles. The fourth-order valence-electron chi connectivity index (χ4n) is 2.35. The van der Waals surface area contributed by atoms with E-state index < -0.39 is 15.5 Å². The first-order valence-electron chi connectivity index (χ1n) is 4.67. The van der Waals surface area contributed by atoms with E-state index in [-0.39, 0.29) is 8.46 Å². The Morgan fingerprint density at radius 3 is 1.00 bits per heavy atom. The molecule has 4 heteroatoms. The molecule has 0 aromatic heterocycles. The van der Waals surface area contributed by atoms with Crippen molar-refractivity contribution in [2.75, 3.05) is 0 Å². The quantitative estimate of drug-likeness (QED) is 0.503. The molecule has 0 rings (SSSR count). The van der Waals surface area contributed by atoms with Gasteiger partial charge in [-0.1, -0.05) is 52.4 Å². The van der Waals surface area contributed by atoms with Crippen LogP contribution in [-0.2, 0) is 0 Å². The lowest BCUT2D eigenvalue weighted by Gasteiger charge is -2.41. The average Bonchev–Trinajstić information content (AvgIpc) is 1.49. The zero-order chi connectivity index (χ0) is 10.2. The molecule has 0 heterocycles. The second-order valence-corrected chi connectivity index (χ2v) is 35.7. The molecule has 0 amide bonds. The van der Waals surface area contributed by atoms with Crippen LogP contribution in [0.3, 0.4) is 0 Å². The Morgan fingerprint density at radius 1 is 0.750 bits per heavy atom. The Morgan fingerprint density at radius 2 is 1.00 bits per heavy atom. The number of hydrogen-bond donors (Lipinski definition) is 0. The molecule has 0 bridgehead atoms. The molecule has 0 fully saturated rings. The minimum atomic E-state index is -0.813. The highest BCUT2D eigenvalue weighted by atomic mass is 31.8. The second kappa shape index (κ2) is 4.07. The third-order valence-corrected chi connectivity index (χ3v) is 48.3. The molecule has 0 aliphatic rings. The van der Waals surface area contributed by atoms with Gasteiger partial charge in [0.15, 0.2) is 0 Å². The summed E-state index contributed by atoms with van der Waals surface area (Å²) in [6.07, 6.45) is 0. The molecule has 73 valence electrons. The molecule has 0 aromatic rings. The highest BCUT2D eigenvalue weighted by molar-refractivity contribution is 8.34. The van der Waals surface area contributed by atoms with Crippen LogP contribution in [0.25, 0.3) is 0 Å². The summed E-state index contributed by atoms with van der Waals surface area (Å²) in [5, 5.41) is 0. The van der Waals surface area contributed by atoms with Gasteiger partial charge >= 0.3 is 0 Å². The minimum absolute atomic E-state index is 0.000514. The maximum Gasteiger partial charge on any atom is 0.0646 e. The van der Waals surface area contributed by atoms with Gasteiger partial charge in [0.1, 0.15) is 0 Å². The summed E-state index contributed by atoms with van der Waals surface area (Å²) in [7, 11) is -1.63. The summed E-state index contributed by atoms with van der Waals surface area (Å²) >= 11 is 0. The Hall–Kier alpha value is 1.08. The fraction of sp³-hybridized carbons (Fsp3) is 1.00. The van der Waals surface area contributed by atoms with Crippen LogP contribution in [0.2, 0.25) is 52.4 Å². The van der Waals surface area contributed by atoms with Crippen LogP contribution in [0.15, 0.2) is 0 Å². The van der Waals surface area contributed by atoms with Gasteiger partial charge in [0.2, 0.25) is 0 Å². The topological polar surface area (TPSA) is 0 Å². The van der Waals surface area contributed by atoms with E-state index in [1.165, 1.54) is 0 Å². The normalized spacial score (nSPS) is 14.5. The Labute approximate surface area is 83.1 Å². The van der Waals surface area contributed by atoms with Crippen molar-refractivity contribution in [3.8, 4) is 0 Å². The maximum absolute atomic E-state index is 2.58. The van der Waals surface area contributed by atoms with Crippen molar-refractivity contribution in [2.24, 2.45) is 0 Å². The van der Waals surface area contributed by atoms with E-state index in [0.717, 1.165) is 0 Å². The zero-order valence-electron chi connectivity index (χ0n) is 9.95. The van der Waals surface area contributed by atoms with Crippen molar-refractivity contribution in [1.29, 1.82) is 0 Å². The van der Waals surface area contributed by atoms with Gasteiger partial charge < -0.3 is 0 Å². The summed E-state index contributed by atoms with van der Waals surface area (Å²) in [4.78, 5) is 0. The van der Waals surface area contributed by atoms with Crippen LogP contribution in [0.4, 0.5) is 0 Å². The summed E-state index contributed by atoms with van der Waals surface area (Å²) in [5.74, 6) is 0. The first kappa shape index (κ1) is 13.1. The minimum Gasteiger partial charge on any atom is -0.142 e. The van der Waals surface area contributed by atoms with Crippen molar-refractivity contribution in [3.05, 3.63) is 0 Å². The summed E-state index contributed by atoms with van der Waals surface area (Å²) in [6.45, 7) is 21.0. The third kappa shape index (κ3) is 3.86.